The summed E-state index contributed by atoms with van der Waals surface area (Å²) in [6, 6.07) is 4.05. The number of hydrogen-bond donors (Lipinski definition) is 0. The van der Waals surface area contributed by atoms with Crippen molar-refractivity contribution in [3.63, 3.8) is 0 Å². The zero-order chi connectivity index (χ0) is 8.43. The number of benzene rings is 1. The first kappa shape index (κ1) is 9.32. The van der Waals surface area contributed by atoms with Crippen molar-refractivity contribution >= 4 is 38.5 Å². The molecular weight excluding hydrogens is 319 g/mol. The van der Waals surface area contributed by atoms with E-state index in [0.717, 1.165) is 19.4 Å². The first-order valence-electron chi connectivity index (χ1n) is 3.15. The lowest BCUT2D eigenvalue weighted by Gasteiger charge is -2.07. The van der Waals surface area contributed by atoms with E-state index in [9.17, 15) is 0 Å². The minimum atomic E-state index is 0.958. The smallest absolute Gasteiger partial charge is 0.136 e. The summed E-state index contributed by atoms with van der Waals surface area (Å²) < 4.78 is 7.46. The molecule has 0 radical (unpaired) electrons. The van der Waals surface area contributed by atoms with Crippen molar-refractivity contribution in [1.82, 2.24) is 0 Å². The third-order valence-electron chi connectivity index (χ3n) is 1.50. The van der Waals surface area contributed by atoms with E-state index in [0.29, 0.717) is 0 Å². The number of ether oxygens (including phenoxy) is 1. The molecule has 3 heteroatoms. The van der Waals surface area contributed by atoms with Crippen LogP contribution in [0.2, 0.25) is 0 Å². The van der Waals surface area contributed by atoms with Crippen molar-refractivity contribution < 1.29 is 4.74 Å². The van der Waals surface area contributed by atoms with Crippen molar-refractivity contribution in [3.8, 4) is 5.75 Å². The van der Waals surface area contributed by atoms with Gasteiger partial charge in [-0.2, -0.15) is 0 Å². The van der Waals surface area contributed by atoms with Crippen molar-refractivity contribution in [1.29, 1.82) is 0 Å². The summed E-state index contributed by atoms with van der Waals surface area (Å²) in [7, 11) is 1.69. The normalized spacial score (nSPS) is 9.82. The molecule has 0 fully saturated rings. The van der Waals surface area contributed by atoms with Crippen LogP contribution in [-0.4, -0.2) is 7.11 Å². The summed E-state index contributed by atoms with van der Waals surface area (Å²) in [6.07, 6.45) is 0. The molecule has 1 aromatic rings. The zero-order valence-corrected chi connectivity index (χ0v) is 10.1. The van der Waals surface area contributed by atoms with Crippen LogP contribution in [0.5, 0.6) is 5.75 Å². The van der Waals surface area contributed by atoms with Crippen LogP contribution < -0.4 is 4.74 Å². The van der Waals surface area contributed by atoms with Gasteiger partial charge in [0, 0.05) is 10.0 Å². The van der Waals surface area contributed by atoms with Crippen molar-refractivity contribution in [3.05, 3.63) is 25.7 Å². The second kappa shape index (κ2) is 3.76. The quantitative estimate of drug-likeness (QED) is 0.719. The van der Waals surface area contributed by atoms with Gasteiger partial charge in [-0.1, -0.05) is 15.9 Å². The van der Waals surface area contributed by atoms with Gasteiger partial charge < -0.3 is 4.74 Å². The molecule has 0 saturated carbocycles. The van der Waals surface area contributed by atoms with Crippen LogP contribution in [0.1, 0.15) is 5.56 Å². The van der Waals surface area contributed by atoms with Crippen molar-refractivity contribution in [2.24, 2.45) is 0 Å². The highest BCUT2D eigenvalue weighted by Gasteiger charge is 2.05. The maximum atomic E-state index is 5.22. The zero-order valence-electron chi connectivity index (χ0n) is 6.32. The summed E-state index contributed by atoms with van der Waals surface area (Å²) in [6.45, 7) is 2.03. The van der Waals surface area contributed by atoms with Crippen LogP contribution in [0.3, 0.4) is 0 Å². The molecular formula is C8H8BrIO. The highest BCUT2D eigenvalue weighted by Crippen LogP contribution is 2.30. The maximum Gasteiger partial charge on any atom is 0.136 e. The minimum absolute atomic E-state index is 0.958. The number of hydrogen-bond acceptors (Lipinski definition) is 1. The summed E-state index contributed by atoms with van der Waals surface area (Å²) in [4.78, 5) is 0. The van der Waals surface area contributed by atoms with Crippen LogP contribution in [0.4, 0.5) is 0 Å². The van der Waals surface area contributed by atoms with Gasteiger partial charge in [-0.05, 0) is 41.6 Å². The summed E-state index contributed by atoms with van der Waals surface area (Å²) in [5.41, 5.74) is 1.15. The lowest BCUT2D eigenvalue weighted by atomic mass is 10.2. The van der Waals surface area contributed by atoms with Crippen molar-refractivity contribution in [2.75, 3.05) is 7.11 Å². The van der Waals surface area contributed by atoms with Gasteiger partial charge in [-0.15, -0.1) is 0 Å². The van der Waals surface area contributed by atoms with Gasteiger partial charge in [0.2, 0.25) is 0 Å². The molecule has 0 aromatic heterocycles. The molecule has 0 saturated heterocycles. The second-order valence-corrected chi connectivity index (χ2v) is 4.20. The number of methoxy groups -OCH3 is 1. The first-order valence-corrected chi connectivity index (χ1v) is 5.02. The van der Waals surface area contributed by atoms with Gasteiger partial charge in [0.15, 0.2) is 0 Å². The Hall–Kier alpha value is 0.230. The van der Waals surface area contributed by atoms with Gasteiger partial charge in [-0.3, -0.25) is 0 Å². The fourth-order valence-electron chi connectivity index (χ4n) is 0.885. The predicted octanol–water partition coefficient (Wildman–Crippen LogP) is 3.37. The lowest BCUT2D eigenvalue weighted by molar-refractivity contribution is 0.408. The molecule has 0 N–H and O–H groups in total. The van der Waals surface area contributed by atoms with E-state index in [2.05, 4.69) is 38.5 Å². The van der Waals surface area contributed by atoms with Gasteiger partial charge >= 0.3 is 0 Å². The minimum Gasteiger partial charge on any atom is -0.495 e. The maximum absolute atomic E-state index is 5.22. The fraction of sp³-hybridized carbons (Fsp3) is 0.250. The van der Waals surface area contributed by atoms with Crippen LogP contribution in [-0.2, 0) is 0 Å². The largest absolute Gasteiger partial charge is 0.495 e. The standard InChI is InChI=1S/C8H8BrIO/c1-5-6(9)3-4-7(10)8(5)11-2/h3-4H,1-2H3. The Labute approximate surface area is 88.4 Å². The molecule has 11 heavy (non-hydrogen) atoms. The Bertz CT molecular complexity index is 273. The van der Waals surface area contributed by atoms with E-state index >= 15 is 0 Å². The third-order valence-corrected chi connectivity index (χ3v) is 3.20. The Morgan fingerprint density at radius 2 is 2.09 bits per heavy atom. The van der Waals surface area contributed by atoms with Gasteiger partial charge in [0.1, 0.15) is 5.75 Å². The molecule has 0 aliphatic rings. The molecule has 0 unspecified atom stereocenters. The monoisotopic (exact) mass is 326 g/mol. The summed E-state index contributed by atoms with van der Waals surface area (Å²) in [5, 5.41) is 0. The van der Waals surface area contributed by atoms with E-state index in [1.54, 1.807) is 7.11 Å². The van der Waals surface area contributed by atoms with Crippen LogP contribution in [0.15, 0.2) is 16.6 Å². The summed E-state index contributed by atoms with van der Waals surface area (Å²) >= 11 is 5.69. The molecule has 0 atom stereocenters. The second-order valence-electron chi connectivity index (χ2n) is 2.19. The molecule has 0 aliphatic heterocycles. The number of halogens is 2. The van der Waals surface area contributed by atoms with E-state index in [1.807, 2.05) is 19.1 Å². The van der Waals surface area contributed by atoms with Crippen LogP contribution in [0, 0.1) is 10.5 Å². The molecule has 0 aliphatic carbocycles. The van der Waals surface area contributed by atoms with Gasteiger partial charge in [0.25, 0.3) is 0 Å². The molecule has 1 rings (SSSR count). The Morgan fingerprint density at radius 1 is 1.45 bits per heavy atom. The first-order chi connectivity index (χ1) is 5.16. The SMILES string of the molecule is COc1c(I)ccc(Br)c1C. The molecule has 60 valence electrons. The van der Waals surface area contributed by atoms with E-state index in [-0.39, 0.29) is 0 Å². The molecule has 0 heterocycles. The van der Waals surface area contributed by atoms with Crippen LogP contribution in [0.25, 0.3) is 0 Å². The Morgan fingerprint density at radius 3 is 2.55 bits per heavy atom. The highest BCUT2D eigenvalue weighted by atomic mass is 127. The Kier molecular flexibility index (Phi) is 3.18. The van der Waals surface area contributed by atoms with E-state index < -0.39 is 0 Å². The highest BCUT2D eigenvalue weighted by molar-refractivity contribution is 14.1. The molecule has 0 amide bonds. The average molecular weight is 327 g/mol. The summed E-state index contributed by atoms with van der Waals surface area (Å²) in [5.74, 6) is 0.958. The topological polar surface area (TPSA) is 9.23 Å². The van der Waals surface area contributed by atoms with Crippen LogP contribution >= 0.6 is 38.5 Å². The fourth-order valence-corrected chi connectivity index (χ4v) is 2.00. The molecule has 0 spiro atoms. The number of rotatable bonds is 1. The Balaban J connectivity index is 3.29. The molecule has 0 bridgehead atoms. The third kappa shape index (κ3) is 1.87. The van der Waals surface area contributed by atoms with E-state index in [4.69, 9.17) is 4.74 Å². The molecule has 1 aromatic carbocycles. The van der Waals surface area contributed by atoms with Gasteiger partial charge in [-0.25, -0.2) is 0 Å². The van der Waals surface area contributed by atoms with E-state index in [1.165, 1.54) is 0 Å². The predicted molar refractivity (Wildman–Crippen MR) is 58.1 cm³/mol. The lowest BCUT2D eigenvalue weighted by Crippen LogP contribution is -1.90. The average Bonchev–Trinajstić information content (AvgIpc) is 1.99. The van der Waals surface area contributed by atoms with Gasteiger partial charge in [0.05, 0.1) is 10.7 Å². The molecule has 1 nitrogen and oxygen atoms in total. The van der Waals surface area contributed by atoms with Crippen molar-refractivity contribution in [2.45, 2.75) is 6.92 Å².